The molecule has 0 radical (unpaired) electrons. The quantitative estimate of drug-likeness (QED) is 0.471. The molecule has 0 bridgehead atoms. The van der Waals surface area contributed by atoms with Gasteiger partial charge in [-0.05, 0) is 36.8 Å². The normalized spacial score (nSPS) is 10.8. The van der Waals surface area contributed by atoms with Crippen molar-refractivity contribution in [2.45, 2.75) is 13.3 Å². The molecule has 0 saturated heterocycles. The van der Waals surface area contributed by atoms with E-state index in [1.54, 1.807) is 0 Å². The number of anilines is 2. The SMILES string of the molecule is COC(=O)c1cnc(Cc2cccc(N(C)c3nc(C)nc4ccccc34)c2)nc1. The van der Waals surface area contributed by atoms with E-state index in [1.165, 1.54) is 19.5 Å². The number of ether oxygens (including phenoxy) is 1. The van der Waals surface area contributed by atoms with Crippen LogP contribution in [-0.4, -0.2) is 40.1 Å². The van der Waals surface area contributed by atoms with Gasteiger partial charge < -0.3 is 9.64 Å². The highest BCUT2D eigenvalue weighted by Gasteiger charge is 2.13. The zero-order valence-corrected chi connectivity index (χ0v) is 17.0. The Morgan fingerprint density at radius 1 is 1.03 bits per heavy atom. The number of esters is 1. The average molecular weight is 399 g/mol. The van der Waals surface area contributed by atoms with Crippen molar-refractivity contribution in [2.24, 2.45) is 0 Å². The van der Waals surface area contributed by atoms with Crippen LogP contribution in [0.5, 0.6) is 0 Å². The highest BCUT2D eigenvalue weighted by atomic mass is 16.5. The molecule has 0 atom stereocenters. The minimum atomic E-state index is -0.447. The van der Waals surface area contributed by atoms with E-state index < -0.39 is 5.97 Å². The minimum absolute atomic E-state index is 0.334. The Balaban J connectivity index is 1.62. The molecule has 2 aromatic heterocycles. The molecule has 4 aromatic rings. The van der Waals surface area contributed by atoms with Gasteiger partial charge in [-0.3, -0.25) is 0 Å². The van der Waals surface area contributed by atoms with E-state index in [-0.39, 0.29) is 0 Å². The lowest BCUT2D eigenvalue weighted by Crippen LogP contribution is -2.13. The zero-order valence-electron chi connectivity index (χ0n) is 17.0. The Bertz CT molecular complexity index is 1210. The van der Waals surface area contributed by atoms with Gasteiger partial charge in [0.15, 0.2) is 0 Å². The lowest BCUT2D eigenvalue weighted by atomic mass is 10.1. The molecule has 0 saturated carbocycles. The van der Waals surface area contributed by atoms with Gasteiger partial charge >= 0.3 is 5.97 Å². The number of methoxy groups -OCH3 is 1. The molecule has 2 heterocycles. The highest BCUT2D eigenvalue weighted by Crippen LogP contribution is 2.29. The number of para-hydroxylation sites is 1. The van der Waals surface area contributed by atoms with Crippen molar-refractivity contribution in [3.8, 4) is 0 Å². The van der Waals surface area contributed by atoms with Gasteiger partial charge in [-0.15, -0.1) is 0 Å². The molecule has 2 aromatic carbocycles. The van der Waals surface area contributed by atoms with Crippen LogP contribution in [0, 0.1) is 6.92 Å². The largest absolute Gasteiger partial charge is 0.465 e. The maximum Gasteiger partial charge on any atom is 0.341 e. The summed E-state index contributed by atoms with van der Waals surface area (Å²) in [5, 5.41) is 0.998. The number of benzene rings is 2. The highest BCUT2D eigenvalue weighted by molar-refractivity contribution is 5.91. The van der Waals surface area contributed by atoms with Gasteiger partial charge in [-0.25, -0.2) is 24.7 Å². The van der Waals surface area contributed by atoms with E-state index in [9.17, 15) is 4.79 Å². The fourth-order valence-corrected chi connectivity index (χ4v) is 3.28. The average Bonchev–Trinajstić information content (AvgIpc) is 2.78. The maximum atomic E-state index is 11.5. The summed E-state index contributed by atoms with van der Waals surface area (Å²) >= 11 is 0. The number of aryl methyl sites for hydroxylation is 1. The Hall–Kier alpha value is -3.87. The molecule has 7 nitrogen and oxygen atoms in total. The monoisotopic (exact) mass is 399 g/mol. The van der Waals surface area contributed by atoms with Gasteiger partial charge in [0.1, 0.15) is 17.5 Å². The van der Waals surface area contributed by atoms with E-state index in [0.29, 0.717) is 17.8 Å². The van der Waals surface area contributed by atoms with Crippen molar-refractivity contribution in [3.05, 3.63) is 83.7 Å². The first kappa shape index (κ1) is 19.4. The molecule has 0 aliphatic carbocycles. The predicted octanol–water partition coefficient (Wildman–Crippen LogP) is 3.87. The standard InChI is InChI=1S/C23H21N5O2/c1-15-26-20-10-5-4-9-19(20)22(27-15)28(2)18-8-6-7-16(11-18)12-21-24-13-17(14-25-21)23(29)30-3/h4-11,13-14H,12H2,1-3H3. The number of hydrogen-bond donors (Lipinski definition) is 0. The fourth-order valence-electron chi connectivity index (χ4n) is 3.28. The van der Waals surface area contributed by atoms with Gasteiger partial charge in [-0.2, -0.15) is 0 Å². The molecular formula is C23H21N5O2. The molecular weight excluding hydrogens is 378 g/mol. The van der Waals surface area contributed by atoms with Crippen molar-refractivity contribution in [1.82, 2.24) is 19.9 Å². The molecule has 0 unspecified atom stereocenters. The van der Waals surface area contributed by atoms with Gasteiger partial charge in [0.25, 0.3) is 0 Å². The van der Waals surface area contributed by atoms with Crippen LogP contribution in [0.25, 0.3) is 10.9 Å². The van der Waals surface area contributed by atoms with Crippen LogP contribution in [0.3, 0.4) is 0 Å². The van der Waals surface area contributed by atoms with Gasteiger partial charge in [0.2, 0.25) is 0 Å². The van der Waals surface area contributed by atoms with E-state index in [0.717, 1.165) is 33.8 Å². The maximum absolute atomic E-state index is 11.5. The first-order valence-electron chi connectivity index (χ1n) is 9.50. The van der Waals surface area contributed by atoms with Crippen molar-refractivity contribution in [1.29, 1.82) is 0 Å². The third-order valence-corrected chi connectivity index (χ3v) is 4.80. The third kappa shape index (κ3) is 3.96. The second-order valence-corrected chi connectivity index (χ2v) is 6.90. The molecule has 0 N–H and O–H groups in total. The number of hydrogen-bond acceptors (Lipinski definition) is 7. The summed E-state index contributed by atoms with van der Waals surface area (Å²) in [6, 6.07) is 16.1. The number of carbonyl (C=O) groups is 1. The Morgan fingerprint density at radius 2 is 1.80 bits per heavy atom. The van der Waals surface area contributed by atoms with Crippen LogP contribution in [0.1, 0.15) is 27.6 Å². The minimum Gasteiger partial charge on any atom is -0.465 e. The molecule has 0 fully saturated rings. The van der Waals surface area contributed by atoms with Crippen LogP contribution < -0.4 is 4.90 Å². The molecule has 150 valence electrons. The fraction of sp³-hybridized carbons (Fsp3) is 0.174. The van der Waals surface area contributed by atoms with Crippen LogP contribution in [0.4, 0.5) is 11.5 Å². The van der Waals surface area contributed by atoms with Crippen molar-refractivity contribution in [2.75, 3.05) is 19.1 Å². The second-order valence-electron chi connectivity index (χ2n) is 6.90. The summed E-state index contributed by atoms with van der Waals surface area (Å²) in [7, 11) is 3.33. The number of aromatic nitrogens is 4. The molecule has 30 heavy (non-hydrogen) atoms. The topological polar surface area (TPSA) is 81.1 Å². The summed E-state index contributed by atoms with van der Waals surface area (Å²) in [6.07, 6.45) is 3.52. The van der Waals surface area contributed by atoms with E-state index in [4.69, 9.17) is 0 Å². The summed E-state index contributed by atoms with van der Waals surface area (Å²) in [5.41, 5.74) is 3.31. The lowest BCUT2D eigenvalue weighted by molar-refractivity contribution is 0.0599. The van der Waals surface area contributed by atoms with E-state index >= 15 is 0 Å². The van der Waals surface area contributed by atoms with E-state index in [1.807, 2.05) is 56.4 Å². The van der Waals surface area contributed by atoms with E-state index in [2.05, 4.69) is 35.6 Å². The number of nitrogens with zero attached hydrogens (tertiary/aromatic N) is 5. The Morgan fingerprint density at radius 3 is 2.57 bits per heavy atom. The molecule has 0 spiro atoms. The number of fused-ring (bicyclic) bond motifs is 1. The molecule has 0 aliphatic rings. The Labute approximate surface area is 174 Å². The van der Waals surface area contributed by atoms with Crippen molar-refractivity contribution >= 4 is 28.4 Å². The Kier molecular flexibility index (Phi) is 5.34. The molecule has 0 amide bonds. The first-order valence-corrected chi connectivity index (χ1v) is 9.50. The summed E-state index contributed by atoms with van der Waals surface area (Å²) in [4.78, 5) is 31.4. The third-order valence-electron chi connectivity index (χ3n) is 4.80. The molecule has 0 aliphatic heterocycles. The zero-order chi connectivity index (χ0) is 21.1. The predicted molar refractivity (Wildman–Crippen MR) is 115 cm³/mol. The first-order chi connectivity index (χ1) is 14.5. The second kappa shape index (κ2) is 8.24. The lowest BCUT2D eigenvalue weighted by Gasteiger charge is -2.21. The molecule has 4 rings (SSSR count). The summed E-state index contributed by atoms with van der Waals surface area (Å²) in [5.74, 6) is 1.77. The number of rotatable bonds is 5. The smallest absolute Gasteiger partial charge is 0.341 e. The summed E-state index contributed by atoms with van der Waals surface area (Å²) in [6.45, 7) is 1.90. The van der Waals surface area contributed by atoms with Crippen molar-refractivity contribution in [3.63, 3.8) is 0 Å². The van der Waals surface area contributed by atoms with Crippen LogP contribution in [0.2, 0.25) is 0 Å². The van der Waals surface area contributed by atoms with Gasteiger partial charge in [-0.1, -0.05) is 24.3 Å². The van der Waals surface area contributed by atoms with Gasteiger partial charge in [0.05, 0.1) is 18.2 Å². The summed E-state index contributed by atoms with van der Waals surface area (Å²) < 4.78 is 4.68. The molecule has 7 heteroatoms. The van der Waals surface area contributed by atoms with Crippen LogP contribution in [-0.2, 0) is 11.2 Å². The van der Waals surface area contributed by atoms with Crippen LogP contribution in [0.15, 0.2) is 60.9 Å². The van der Waals surface area contributed by atoms with Crippen LogP contribution >= 0.6 is 0 Å². The van der Waals surface area contributed by atoms with Gasteiger partial charge in [0, 0.05) is 36.9 Å². The van der Waals surface area contributed by atoms with Crippen molar-refractivity contribution < 1.29 is 9.53 Å². The number of carbonyl (C=O) groups excluding carboxylic acids is 1.